The zero-order valence-electron chi connectivity index (χ0n) is 26.4. The van der Waals surface area contributed by atoms with E-state index in [1.165, 1.54) is 23.1 Å². The smallest absolute Gasteiger partial charge is 0.418 e. The first-order valence-corrected chi connectivity index (χ1v) is 17.9. The molecular formula is C36H30F3N3O6S2. The minimum absolute atomic E-state index is 0.00813. The molecule has 50 heavy (non-hydrogen) atoms. The van der Waals surface area contributed by atoms with Gasteiger partial charge in [-0.15, -0.1) is 11.8 Å². The number of carbonyl (C=O) groups is 3. The van der Waals surface area contributed by atoms with Gasteiger partial charge in [0.25, 0.3) is 5.91 Å². The van der Waals surface area contributed by atoms with Crippen LogP contribution in [0, 0.1) is 29.6 Å². The predicted octanol–water partition coefficient (Wildman–Crippen LogP) is 6.55. The van der Waals surface area contributed by atoms with Crippen molar-refractivity contribution in [1.29, 1.82) is 0 Å². The quantitative estimate of drug-likeness (QED) is 0.198. The number of thiazole rings is 1. The van der Waals surface area contributed by atoms with E-state index < -0.39 is 36.1 Å². The molecule has 14 heteroatoms. The molecule has 9 nitrogen and oxygen atoms in total. The Morgan fingerprint density at radius 1 is 0.940 bits per heavy atom. The number of alkyl halides is 3. The molecule has 2 bridgehead atoms. The molecule has 8 rings (SSSR count). The van der Waals surface area contributed by atoms with Crippen LogP contribution >= 0.6 is 23.1 Å². The molecule has 1 saturated heterocycles. The van der Waals surface area contributed by atoms with Gasteiger partial charge in [0.05, 0.1) is 40.4 Å². The van der Waals surface area contributed by atoms with Gasteiger partial charge >= 0.3 is 11.0 Å². The van der Waals surface area contributed by atoms with Gasteiger partial charge in [-0.25, -0.2) is 0 Å². The minimum atomic E-state index is -4.64. The van der Waals surface area contributed by atoms with Crippen molar-refractivity contribution in [2.24, 2.45) is 29.6 Å². The number of ether oxygens (including phenoxy) is 2. The molecule has 0 radical (unpaired) electrons. The van der Waals surface area contributed by atoms with Crippen LogP contribution in [0.2, 0.25) is 0 Å². The van der Waals surface area contributed by atoms with E-state index in [9.17, 15) is 32.3 Å². The molecular weight excluding hydrogens is 692 g/mol. The summed E-state index contributed by atoms with van der Waals surface area (Å²) < 4.78 is 52.0. The first-order valence-electron chi connectivity index (χ1n) is 16.2. The largest absolute Gasteiger partial charge is 0.490 e. The predicted molar refractivity (Wildman–Crippen MR) is 181 cm³/mol. The van der Waals surface area contributed by atoms with Crippen LogP contribution in [0.5, 0.6) is 11.5 Å². The number of H-pyrrole nitrogens is 1. The molecule has 4 aromatic rings. The Morgan fingerprint density at radius 3 is 2.40 bits per heavy atom. The van der Waals surface area contributed by atoms with Gasteiger partial charge in [0.1, 0.15) is 0 Å². The molecule has 2 N–H and O–H groups in total. The Balaban J connectivity index is 1.09. The highest BCUT2D eigenvalue weighted by atomic mass is 32.2. The van der Waals surface area contributed by atoms with Gasteiger partial charge in [-0.1, -0.05) is 47.7 Å². The number of amides is 3. The molecule has 258 valence electrons. The maximum absolute atomic E-state index is 14.0. The summed E-state index contributed by atoms with van der Waals surface area (Å²) in [5, 5.41) is 3.04. The zero-order chi connectivity index (χ0) is 34.9. The summed E-state index contributed by atoms with van der Waals surface area (Å²) in [4.78, 5) is 58.2. The highest BCUT2D eigenvalue weighted by Gasteiger charge is 2.69. The molecule has 3 amide bonds. The second-order valence-electron chi connectivity index (χ2n) is 12.8. The number of rotatable bonds is 8. The Labute approximate surface area is 292 Å². The Morgan fingerprint density at radius 2 is 1.66 bits per heavy atom. The van der Waals surface area contributed by atoms with Gasteiger partial charge in [0.2, 0.25) is 11.8 Å². The van der Waals surface area contributed by atoms with Crippen LogP contribution in [0.1, 0.15) is 35.3 Å². The third-order valence-corrected chi connectivity index (χ3v) is 12.8. The Hall–Kier alpha value is -4.56. The number of anilines is 2. The fourth-order valence-corrected chi connectivity index (χ4v) is 11.4. The van der Waals surface area contributed by atoms with Crippen molar-refractivity contribution in [2.45, 2.75) is 35.7 Å². The SMILES string of the molecule is CCOc1cc([C@@H]2c3sc(=O)[nH]c3S[C@@H]3[C@@H]4C[C@@H]([C@@H]5C(=O)N(c6ccccc6)C(=O)[C@@H]45)[C@H]23)ccc1OCC(=O)Nc1ccccc1C(F)(F)F. The number of benzene rings is 3. The Bertz CT molecular complexity index is 2070. The van der Waals surface area contributed by atoms with Crippen LogP contribution in [0.25, 0.3) is 0 Å². The molecule has 0 spiro atoms. The highest BCUT2D eigenvalue weighted by molar-refractivity contribution is 8.00. The number of hydrogen-bond acceptors (Lipinski definition) is 8. The monoisotopic (exact) mass is 721 g/mol. The number of para-hydroxylation sites is 2. The molecule has 1 aromatic heterocycles. The van der Waals surface area contributed by atoms with E-state index in [0.717, 1.165) is 39.3 Å². The van der Waals surface area contributed by atoms with Gasteiger partial charge in [0.15, 0.2) is 18.1 Å². The van der Waals surface area contributed by atoms with E-state index in [1.807, 2.05) is 18.2 Å². The van der Waals surface area contributed by atoms with Gasteiger partial charge < -0.3 is 19.8 Å². The number of halogens is 3. The van der Waals surface area contributed by atoms with Gasteiger partial charge in [-0.2, -0.15) is 13.2 Å². The standard InChI is InChI=1S/C36H30F3N3O6S2/c1-2-47-24-14-17(12-13-23(24)48-16-25(43)40-22-11-7-6-10-21(22)36(37,38)39)26-27-19-15-20(30(27)49-32-31(26)50-35(46)41-32)29-28(19)33(44)42(34(29)45)18-8-4-3-5-9-18/h3-14,19-20,26-30H,2,15-16H2,1H3,(H,40,43)(H,41,46)/t19-,20-,26+,27-,28+,29+,30-/m1/s1. The maximum atomic E-state index is 14.0. The van der Waals surface area contributed by atoms with Crippen molar-refractivity contribution in [1.82, 2.24) is 4.98 Å². The van der Waals surface area contributed by atoms with Crippen molar-refractivity contribution >= 4 is 52.2 Å². The first kappa shape index (κ1) is 32.6. The molecule has 3 heterocycles. The lowest BCUT2D eigenvalue weighted by molar-refractivity contribution is -0.137. The molecule has 2 saturated carbocycles. The number of fused-ring (bicyclic) bond motifs is 9. The van der Waals surface area contributed by atoms with Crippen LogP contribution in [0.3, 0.4) is 0 Å². The average molecular weight is 722 g/mol. The third kappa shape index (κ3) is 5.31. The van der Waals surface area contributed by atoms with Crippen LogP contribution in [0.4, 0.5) is 24.5 Å². The number of carbonyl (C=O) groups excluding carboxylic acids is 3. The molecule has 3 fully saturated rings. The Kier molecular flexibility index (Phi) is 8.05. The summed E-state index contributed by atoms with van der Waals surface area (Å²) in [7, 11) is 0. The second-order valence-corrected chi connectivity index (χ2v) is 15.0. The lowest BCUT2D eigenvalue weighted by Gasteiger charge is -2.43. The number of nitrogens with one attached hydrogen (secondary N) is 2. The summed E-state index contributed by atoms with van der Waals surface area (Å²) in [6, 6.07) is 19.0. The van der Waals surface area contributed by atoms with E-state index in [4.69, 9.17) is 9.47 Å². The topological polar surface area (TPSA) is 118 Å². The first-order chi connectivity index (χ1) is 24.0. The lowest BCUT2D eigenvalue weighted by Crippen LogP contribution is -2.42. The molecule has 7 atom stereocenters. The number of thioether (sulfide) groups is 1. The molecule has 0 unspecified atom stereocenters. The summed E-state index contributed by atoms with van der Waals surface area (Å²) in [5.41, 5.74) is 0.0629. The lowest BCUT2D eigenvalue weighted by atomic mass is 9.68. The van der Waals surface area contributed by atoms with E-state index in [1.54, 1.807) is 49.0 Å². The summed E-state index contributed by atoms with van der Waals surface area (Å²) in [6.07, 6.45) is -3.91. The number of hydrogen-bond donors (Lipinski definition) is 2. The summed E-state index contributed by atoms with van der Waals surface area (Å²) in [6.45, 7) is 1.49. The number of imide groups is 1. The van der Waals surface area contributed by atoms with Crippen molar-refractivity contribution < 1.29 is 37.0 Å². The third-order valence-electron chi connectivity index (χ3n) is 10.2. The fourth-order valence-electron chi connectivity index (χ4n) is 8.50. The molecule has 3 aromatic carbocycles. The molecule has 2 aliphatic carbocycles. The maximum Gasteiger partial charge on any atom is 0.418 e. The van der Waals surface area contributed by atoms with Crippen LogP contribution in [0.15, 0.2) is 82.6 Å². The normalized spacial score (nSPS) is 26.4. The zero-order valence-corrected chi connectivity index (χ0v) is 28.1. The van der Waals surface area contributed by atoms with Crippen LogP contribution in [-0.2, 0) is 20.6 Å². The highest BCUT2D eigenvalue weighted by Crippen LogP contribution is 2.68. The van der Waals surface area contributed by atoms with E-state index in [0.29, 0.717) is 11.4 Å². The van der Waals surface area contributed by atoms with Crippen molar-refractivity contribution in [2.75, 3.05) is 23.4 Å². The van der Waals surface area contributed by atoms with E-state index in [-0.39, 0.29) is 63.7 Å². The minimum Gasteiger partial charge on any atom is -0.490 e. The average Bonchev–Trinajstić information content (AvgIpc) is 3.83. The van der Waals surface area contributed by atoms with Crippen molar-refractivity contribution in [3.63, 3.8) is 0 Å². The number of aromatic amines is 1. The van der Waals surface area contributed by atoms with E-state index in [2.05, 4.69) is 10.3 Å². The van der Waals surface area contributed by atoms with Crippen molar-refractivity contribution in [3.8, 4) is 11.5 Å². The van der Waals surface area contributed by atoms with Gasteiger partial charge in [-0.05, 0) is 73.1 Å². The van der Waals surface area contributed by atoms with Crippen LogP contribution < -0.4 is 24.6 Å². The van der Waals surface area contributed by atoms with Gasteiger partial charge in [0, 0.05) is 16.0 Å². The summed E-state index contributed by atoms with van der Waals surface area (Å²) in [5.74, 6) is -1.89. The molecule has 2 aliphatic heterocycles. The molecule has 4 aliphatic rings. The van der Waals surface area contributed by atoms with Crippen molar-refractivity contribution in [3.05, 3.63) is 98.5 Å². The summed E-state index contributed by atoms with van der Waals surface area (Å²) >= 11 is 2.73. The number of aromatic nitrogens is 1. The second kappa shape index (κ2) is 12.3. The van der Waals surface area contributed by atoms with E-state index >= 15 is 0 Å². The van der Waals surface area contributed by atoms with Gasteiger partial charge in [-0.3, -0.25) is 24.1 Å². The fraction of sp³-hybridized carbons (Fsp3) is 0.333. The van der Waals surface area contributed by atoms with Crippen LogP contribution in [-0.4, -0.2) is 41.2 Å². The number of nitrogens with zero attached hydrogens (tertiary/aromatic N) is 1.